The molecule has 2 aromatic rings. The van der Waals surface area contributed by atoms with Gasteiger partial charge in [-0.3, -0.25) is 9.78 Å². The van der Waals surface area contributed by atoms with Gasteiger partial charge in [0.15, 0.2) is 11.6 Å². The number of hydrogen-bond acceptors (Lipinski definition) is 4. The van der Waals surface area contributed by atoms with E-state index in [2.05, 4.69) is 9.97 Å². The van der Waals surface area contributed by atoms with Gasteiger partial charge in [0.2, 0.25) is 0 Å². The van der Waals surface area contributed by atoms with Crippen molar-refractivity contribution in [2.45, 2.75) is 13.8 Å². The molecule has 0 spiro atoms. The van der Waals surface area contributed by atoms with Crippen LogP contribution in [-0.4, -0.2) is 15.8 Å². The molecule has 0 saturated carbocycles. The van der Waals surface area contributed by atoms with Gasteiger partial charge in [-0.15, -0.1) is 11.3 Å². The van der Waals surface area contributed by atoms with E-state index in [1.165, 1.54) is 24.5 Å². The Morgan fingerprint density at radius 2 is 2.25 bits per heavy atom. The van der Waals surface area contributed by atoms with Gasteiger partial charge < -0.3 is 0 Å². The van der Waals surface area contributed by atoms with Gasteiger partial charge in [-0.2, -0.15) is 0 Å². The Balaban J connectivity index is 2.54. The number of carbonyl (C=O) groups is 1. The Morgan fingerprint density at radius 1 is 1.50 bits per heavy atom. The second-order valence-electron chi connectivity index (χ2n) is 3.35. The molecule has 0 saturated heterocycles. The first-order valence-electron chi connectivity index (χ1n) is 4.68. The zero-order valence-electron chi connectivity index (χ0n) is 8.82. The minimum Gasteiger partial charge on any atom is -0.294 e. The fraction of sp³-hybridized carbons (Fsp3) is 0.182. The van der Waals surface area contributed by atoms with Crippen LogP contribution in [-0.2, 0) is 0 Å². The molecule has 3 nitrogen and oxygen atoms in total. The SMILES string of the molecule is CC(=O)c1sc(-c2ccncc2F)nc1C. The van der Waals surface area contributed by atoms with E-state index in [1.807, 2.05) is 0 Å². The molecular weight excluding hydrogens is 227 g/mol. The lowest BCUT2D eigenvalue weighted by molar-refractivity contribution is 0.102. The molecule has 2 heterocycles. The summed E-state index contributed by atoms with van der Waals surface area (Å²) >= 11 is 1.21. The fourth-order valence-electron chi connectivity index (χ4n) is 1.39. The van der Waals surface area contributed by atoms with E-state index in [1.54, 1.807) is 13.0 Å². The number of Topliss-reactive ketones (excluding diaryl/α,β-unsaturated/α-hetero) is 1. The maximum absolute atomic E-state index is 13.4. The Hall–Kier alpha value is -1.62. The molecule has 0 fully saturated rings. The zero-order valence-corrected chi connectivity index (χ0v) is 9.64. The molecule has 0 aliphatic carbocycles. The van der Waals surface area contributed by atoms with Gasteiger partial charge in [-0.05, 0) is 13.0 Å². The van der Waals surface area contributed by atoms with Crippen molar-refractivity contribution in [2.75, 3.05) is 0 Å². The van der Waals surface area contributed by atoms with Crippen molar-refractivity contribution in [3.8, 4) is 10.6 Å². The van der Waals surface area contributed by atoms with Crippen LogP contribution in [0.4, 0.5) is 4.39 Å². The highest BCUT2D eigenvalue weighted by Crippen LogP contribution is 2.29. The van der Waals surface area contributed by atoms with E-state index in [4.69, 9.17) is 0 Å². The summed E-state index contributed by atoms with van der Waals surface area (Å²) in [5.74, 6) is -0.470. The minimum absolute atomic E-state index is 0.0456. The summed E-state index contributed by atoms with van der Waals surface area (Å²) < 4.78 is 13.4. The predicted molar refractivity (Wildman–Crippen MR) is 60.0 cm³/mol. The lowest BCUT2D eigenvalue weighted by Crippen LogP contribution is -1.89. The smallest absolute Gasteiger partial charge is 0.171 e. The van der Waals surface area contributed by atoms with Crippen LogP contribution in [0, 0.1) is 12.7 Å². The van der Waals surface area contributed by atoms with Gasteiger partial charge in [-0.1, -0.05) is 0 Å². The van der Waals surface area contributed by atoms with Gasteiger partial charge in [0, 0.05) is 18.7 Å². The third-order valence-corrected chi connectivity index (χ3v) is 3.41. The highest BCUT2D eigenvalue weighted by atomic mass is 32.1. The van der Waals surface area contributed by atoms with E-state index in [0.29, 0.717) is 21.1 Å². The maximum Gasteiger partial charge on any atom is 0.171 e. The molecule has 0 aromatic carbocycles. The summed E-state index contributed by atoms with van der Waals surface area (Å²) in [6.45, 7) is 3.23. The van der Waals surface area contributed by atoms with Crippen molar-refractivity contribution < 1.29 is 9.18 Å². The summed E-state index contributed by atoms with van der Waals surface area (Å²) in [6, 6.07) is 1.55. The number of nitrogens with zero attached hydrogens (tertiary/aromatic N) is 2. The number of hydrogen-bond donors (Lipinski definition) is 0. The topological polar surface area (TPSA) is 42.9 Å². The van der Waals surface area contributed by atoms with Crippen LogP contribution in [0.25, 0.3) is 10.6 Å². The van der Waals surface area contributed by atoms with Gasteiger partial charge in [0.25, 0.3) is 0 Å². The number of halogens is 1. The molecule has 16 heavy (non-hydrogen) atoms. The van der Waals surface area contributed by atoms with Gasteiger partial charge >= 0.3 is 0 Å². The lowest BCUT2D eigenvalue weighted by Gasteiger charge is -1.95. The molecule has 0 radical (unpaired) electrons. The zero-order chi connectivity index (χ0) is 11.7. The monoisotopic (exact) mass is 236 g/mol. The maximum atomic E-state index is 13.4. The molecule has 82 valence electrons. The molecular formula is C11H9FN2OS. The van der Waals surface area contributed by atoms with Gasteiger partial charge in [0.1, 0.15) is 5.01 Å². The summed E-state index contributed by atoms with van der Waals surface area (Å²) in [4.78, 5) is 19.7. The average Bonchev–Trinajstić information content (AvgIpc) is 2.61. The standard InChI is InChI=1S/C11H9FN2OS/c1-6-10(7(2)15)16-11(14-6)8-3-4-13-5-9(8)12/h3-5H,1-2H3. The summed E-state index contributed by atoms with van der Waals surface area (Å²) in [5, 5.41) is 0.516. The van der Waals surface area contributed by atoms with Crippen molar-refractivity contribution in [3.05, 3.63) is 34.8 Å². The normalized spacial score (nSPS) is 10.4. The minimum atomic E-state index is -0.425. The molecule has 0 bridgehead atoms. The van der Waals surface area contributed by atoms with Crippen molar-refractivity contribution in [2.24, 2.45) is 0 Å². The number of carbonyl (C=O) groups excluding carboxylic acids is 1. The van der Waals surface area contributed by atoms with Crippen LogP contribution >= 0.6 is 11.3 Å². The van der Waals surface area contributed by atoms with Crippen LogP contribution in [0.1, 0.15) is 22.3 Å². The largest absolute Gasteiger partial charge is 0.294 e. The van der Waals surface area contributed by atoms with Gasteiger partial charge in [0.05, 0.1) is 16.8 Å². The predicted octanol–water partition coefficient (Wildman–Crippen LogP) is 2.86. The van der Waals surface area contributed by atoms with E-state index < -0.39 is 5.82 Å². The Kier molecular flexibility index (Phi) is 2.78. The molecule has 2 rings (SSSR count). The number of rotatable bonds is 2. The van der Waals surface area contributed by atoms with E-state index in [9.17, 15) is 9.18 Å². The third kappa shape index (κ3) is 1.86. The first-order valence-corrected chi connectivity index (χ1v) is 5.49. The lowest BCUT2D eigenvalue weighted by atomic mass is 10.2. The van der Waals surface area contributed by atoms with Crippen LogP contribution < -0.4 is 0 Å². The number of pyridine rings is 1. The second kappa shape index (κ2) is 4.09. The molecule has 0 aliphatic heterocycles. The molecule has 5 heteroatoms. The van der Waals surface area contributed by atoms with Crippen LogP contribution in [0.15, 0.2) is 18.5 Å². The van der Waals surface area contributed by atoms with Crippen LogP contribution in [0.3, 0.4) is 0 Å². The molecule has 0 amide bonds. The number of aryl methyl sites for hydroxylation is 1. The Bertz CT molecular complexity index is 551. The molecule has 0 N–H and O–H groups in total. The van der Waals surface area contributed by atoms with E-state index in [0.717, 1.165) is 6.20 Å². The second-order valence-corrected chi connectivity index (χ2v) is 4.34. The fourth-order valence-corrected chi connectivity index (χ4v) is 2.38. The molecule has 0 aliphatic rings. The molecule has 0 atom stereocenters. The third-order valence-electron chi connectivity index (χ3n) is 2.12. The average molecular weight is 236 g/mol. The first-order chi connectivity index (χ1) is 7.59. The first kappa shape index (κ1) is 10.9. The quantitative estimate of drug-likeness (QED) is 0.753. The van der Waals surface area contributed by atoms with E-state index in [-0.39, 0.29) is 5.78 Å². The van der Waals surface area contributed by atoms with Crippen LogP contribution in [0.2, 0.25) is 0 Å². The number of ketones is 1. The van der Waals surface area contributed by atoms with Crippen molar-refractivity contribution in [3.63, 3.8) is 0 Å². The number of thiazole rings is 1. The highest BCUT2D eigenvalue weighted by molar-refractivity contribution is 7.17. The van der Waals surface area contributed by atoms with Crippen molar-refractivity contribution >= 4 is 17.1 Å². The summed E-state index contributed by atoms with van der Waals surface area (Å²) in [5.41, 5.74) is 1.03. The Labute approximate surface area is 96.0 Å². The molecule has 0 unspecified atom stereocenters. The Morgan fingerprint density at radius 3 is 2.81 bits per heavy atom. The van der Waals surface area contributed by atoms with E-state index >= 15 is 0 Å². The van der Waals surface area contributed by atoms with Crippen molar-refractivity contribution in [1.82, 2.24) is 9.97 Å². The van der Waals surface area contributed by atoms with Crippen molar-refractivity contribution in [1.29, 1.82) is 0 Å². The summed E-state index contributed by atoms with van der Waals surface area (Å²) in [7, 11) is 0. The molecule has 2 aromatic heterocycles. The number of aromatic nitrogens is 2. The highest BCUT2D eigenvalue weighted by Gasteiger charge is 2.14. The van der Waals surface area contributed by atoms with Crippen LogP contribution in [0.5, 0.6) is 0 Å². The van der Waals surface area contributed by atoms with Gasteiger partial charge in [-0.25, -0.2) is 9.37 Å². The summed E-state index contributed by atoms with van der Waals surface area (Å²) in [6.07, 6.45) is 2.64.